The topological polar surface area (TPSA) is 72.8 Å². The summed E-state index contributed by atoms with van der Waals surface area (Å²) in [6.07, 6.45) is 0. The second-order valence-corrected chi connectivity index (χ2v) is 3.61. The van der Waals surface area contributed by atoms with Gasteiger partial charge in [-0.3, -0.25) is 4.98 Å². The molecular weight excluding hydrogens is 235 g/mol. The monoisotopic (exact) mass is 244 g/mol. The van der Waals surface area contributed by atoms with Gasteiger partial charge in [0.25, 0.3) is 0 Å². The van der Waals surface area contributed by atoms with E-state index in [2.05, 4.69) is 9.97 Å². The summed E-state index contributed by atoms with van der Waals surface area (Å²) in [5.41, 5.74) is 0.190. The highest BCUT2D eigenvalue weighted by molar-refractivity contribution is 5.59. The second kappa shape index (κ2) is 4.67. The molecule has 0 bridgehead atoms. The average Bonchev–Trinajstić information content (AvgIpc) is 2.38. The van der Waals surface area contributed by atoms with E-state index in [0.29, 0.717) is 11.5 Å². The molecule has 5 nitrogen and oxygen atoms in total. The van der Waals surface area contributed by atoms with E-state index in [4.69, 9.17) is 5.26 Å². The lowest BCUT2D eigenvalue weighted by Crippen LogP contribution is -2.19. The van der Waals surface area contributed by atoms with Gasteiger partial charge in [0.1, 0.15) is 23.4 Å². The lowest BCUT2D eigenvalue weighted by molar-refractivity contribution is 0.628. The number of hydrogen-bond donors (Lipinski definition) is 1. The number of aromatic amines is 1. The van der Waals surface area contributed by atoms with Crippen molar-refractivity contribution in [2.45, 2.75) is 0 Å². The van der Waals surface area contributed by atoms with Gasteiger partial charge in [0.15, 0.2) is 0 Å². The first kappa shape index (κ1) is 11.8. The molecule has 0 fully saturated rings. The molecule has 0 unspecified atom stereocenters. The molecule has 1 aromatic heterocycles. The lowest BCUT2D eigenvalue weighted by Gasteiger charge is -2.17. The van der Waals surface area contributed by atoms with E-state index in [1.54, 1.807) is 24.1 Å². The molecule has 1 heterocycles. The van der Waals surface area contributed by atoms with Crippen LogP contribution >= 0.6 is 0 Å². The molecule has 0 spiro atoms. The number of nitrogens with zero attached hydrogens (tertiary/aromatic N) is 3. The molecule has 0 saturated heterocycles. The summed E-state index contributed by atoms with van der Waals surface area (Å²) >= 11 is 0. The number of nitriles is 1. The molecule has 2 rings (SSSR count). The number of nitrogens with one attached hydrogen (secondary N) is 1. The molecule has 0 saturated carbocycles. The molecule has 0 aliphatic rings. The number of halogens is 1. The van der Waals surface area contributed by atoms with Gasteiger partial charge in [-0.25, -0.2) is 9.18 Å². The van der Waals surface area contributed by atoms with Gasteiger partial charge < -0.3 is 4.90 Å². The lowest BCUT2D eigenvalue weighted by atomic mass is 10.3. The zero-order valence-corrected chi connectivity index (χ0v) is 9.51. The molecule has 18 heavy (non-hydrogen) atoms. The molecule has 6 heteroatoms. The van der Waals surface area contributed by atoms with E-state index >= 15 is 0 Å². The van der Waals surface area contributed by atoms with Gasteiger partial charge in [0, 0.05) is 18.8 Å². The molecule has 0 aliphatic carbocycles. The minimum absolute atomic E-state index is 0.124. The van der Waals surface area contributed by atoms with E-state index in [1.807, 2.05) is 6.07 Å². The third-order valence-electron chi connectivity index (χ3n) is 2.41. The van der Waals surface area contributed by atoms with Crippen molar-refractivity contribution in [3.63, 3.8) is 0 Å². The minimum atomic E-state index is -0.599. The van der Waals surface area contributed by atoms with E-state index in [-0.39, 0.29) is 11.5 Å². The predicted molar refractivity (Wildman–Crippen MR) is 64.0 cm³/mol. The van der Waals surface area contributed by atoms with Crippen LogP contribution in [0, 0.1) is 17.1 Å². The van der Waals surface area contributed by atoms with Crippen LogP contribution in [-0.4, -0.2) is 17.0 Å². The first-order valence-corrected chi connectivity index (χ1v) is 5.11. The SMILES string of the molecule is CN(c1ccc(F)cc1)c1cc(C#N)[nH]c(=O)n1. The number of anilines is 2. The molecule has 2 aromatic rings. The summed E-state index contributed by atoms with van der Waals surface area (Å²) in [6.45, 7) is 0. The Kier molecular flexibility index (Phi) is 3.06. The summed E-state index contributed by atoms with van der Waals surface area (Å²) in [4.78, 5) is 18.9. The Morgan fingerprint density at radius 2 is 2.06 bits per heavy atom. The van der Waals surface area contributed by atoms with Crippen LogP contribution in [0.25, 0.3) is 0 Å². The zero-order valence-electron chi connectivity index (χ0n) is 9.51. The summed E-state index contributed by atoms with van der Waals surface area (Å²) in [5.74, 6) is -0.0226. The number of benzene rings is 1. The van der Waals surface area contributed by atoms with Crippen LogP contribution in [0.3, 0.4) is 0 Å². The number of hydrogen-bond acceptors (Lipinski definition) is 4. The molecular formula is C12H9FN4O. The molecule has 1 aromatic carbocycles. The largest absolute Gasteiger partial charge is 0.347 e. The number of aromatic nitrogens is 2. The Bertz CT molecular complexity index is 657. The molecule has 1 N–H and O–H groups in total. The maximum absolute atomic E-state index is 12.8. The Balaban J connectivity index is 2.43. The number of H-pyrrole nitrogens is 1. The fourth-order valence-corrected chi connectivity index (χ4v) is 1.47. The minimum Gasteiger partial charge on any atom is -0.329 e. The van der Waals surface area contributed by atoms with Gasteiger partial charge in [-0.05, 0) is 24.3 Å². The maximum atomic E-state index is 12.8. The summed E-state index contributed by atoms with van der Waals surface area (Å²) < 4.78 is 12.8. The highest BCUT2D eigenvalue weighted by atomic mass is 19.1. The van der Waals surface area contributed by atoms with Crippen molar-refractivity contribution in [3.8, 4) is 6.07 Å². The average molecular weight is 244 g/mol. The van der Waals surface area contributed by atoms with Crippen LogP contribution in [0.1, 0.15) is 5.69 Å². The Hall–Kier alpha value is -2.68. The van der Waals surface area contributed by atoms with Crippen molar-refractivity contribution < 1.29 is 4.39 Å². The van der Waals surface area contributed by atoms with Gasteiger partial charge >= 0.3 is 5.69 Å². The third-order valence-corrected chi connectivity index (χ3v) is 2.41. The fourth-order valence-electron chi connectivity index (χ4n) is 1.47. The Labute approximate surface area is 102 Å². The Morgan fingerprint density at radius 1 is 1.39 bits per heavy atom. The van der Waals surface area contributed by atoms with E-state index in [1.165, 1.54) is 18.2 Å². The summed E-state index contributed by atoms with van der Waals surface area (Å²) in [6, 6.07) is 9.03. The first-order chi connectivity index (χ1) is 8.60. The highest BCUT2D eigenvalue weighted by Crippen LogP contribution is 2.20. The predicted octanol–water partition coefficient (Wildman–Crippen LogP) is 1.55. The second-order valence-electron chi connectivity index (χ2n) is 3.61. The zero-order chi connectivity index (χ0) is 13.1. The standard InChI is InChI=1S/C12H9FN4O/c1-17(10-4-2-8(13)3-5-10)11-6-9(7-14)15-12(18)16-11/h2-6H,1H3,(H,15,16,18). The highest BCUT2D eigenvalue weighted by Gasteiger charge is 2.08. The fraction of sp³-hybridized carbons (Fsp3) is 0.0833. The molecule has 0 radical (unpaired) electrons. The smallest absolute Gasteiger partial charge is 0.329 e. The van der Waals surface area contributed by atoms with Crippen molar-refractivity contribution in [2.24, 2.45) is 0 Å². The van der Waals surface area contributed by atoms with Crippen LogP contribution in [-0.2, 0) is 0 Å². The molecule has 90 valence electrons. The number of rotatable bonds is 2. The van der Waals surface area contributed by atoms with Crippen LogP contribution in [0.2, 0.25) is 0 Å². The summed E-state index contributed by atoms with van der Waals surface area (Å²) in [7, 11) is 1.68. The third kappa shape index (κ3) is 2.35. The maximum Gasteiger partial charge on any atom is 0.347 e. The van der Waals surface area contributed by atoms with Crippen molar-refractivity contribution >= 4 is 11.5 Å². The van der Waals surface area contributed by atoms with Gasteiger partial charge in [-0.1, -0.05) is 0 Å². The quantitative estimate of drug-likeness (QED) is 0.869. The van der Waals surface area contributed by atoms with E-state index in [9.17, 15) is 9.18 Å². The molecule has 0 aliphatic heterocycles. The van der Waals surface area contributed by atoms with Crippen molar-refractivity contribution in [1.29, 1.82) is 5.26 Å². The van der Waals surface area contributed by atoms with Crippen LogP contribution in [0.5, 0.6) is 0 Å². The van der Waals surface area contributed by atoms with Crippen molar-refractivity contribution in [2.75, 3.05) is 11.9 Å². The first-order valence-electron chi connectivity index (χ1n) is 5.11. The Morgan fingerprint density at radius 3 is 2.67 bits per heavy atom. The van der Waals surface area contributed by atoms with Gasteiger partial charge in [-0.2, -0.15) is 10.2 Å². The van der Waals surface area contributed by atoms with Crippen molar-refractivity contribution in [3.05, 3.63) is 52.3 Å². The summed E-state index contributed by atoms with van der Waals surface area (Å²) in [5, 5.41) is 8.76. The normalized spacial score (nSPS) is 9.83. The van der Waals surface area contributed by atoms with Crippen LogP contribution < -0.4 is 10.6 Å². The van der Waals surface area contributed by atoms with Crippen molar-refractivity contribution in [1.82, 2.24) is 9.97 Å². The van der Waals surface area contributed by atoms with Crippen LogP contribution in [0.4, 0.5) is 15.9 Å². The van der Waals surface area contributed by atoms with Crippen LogP contribution in [0.15, 0.2) is 35.1 Å². The van der Waals surface area contributed by atoms with E-state index < -0.39 is 5.69 Å². The molecule has 0 amide bonds. The van der Waals surface area contributed by atoms with Gasteiger partial charge in [0.2, 0.25) is 0 Å². The van der Waals surface area contributed by atoms with Gasteiger partial charge in [0.05, 0.1) is 0 Å². The molecule has 0 atom stereocenters. The van der Waals surface area contributed by atoms with Gasteiger partial charge in [-0.15, -0.1) is 0 Å². The van der Waals surface area contributed by atoms with E-state index in [0.717, 1.165) is 0 Å².